The fraction of sp³-hybridized carbons (Fsp3) is 0.0870. The zero-order chi connectivity index (χ0) is 24.3. The van der Waals surface area contributed by atoms with Gasteiger partial charge in [-0.2, -0.15) is 8.42 Å². The van der Waals surface area contributed by atoms with Gasteiger partial charge >= 0.3 is 0 Å². The second-order valence-electron chi connectivity index (χ2n) is 7.27. The van der Waals surface area contributed by atoms with E-state index in [9.17, 15) is 17.8 Å². The van der Waals surface area contributed by atoms with Gasteiger partial charge in [0, 0.05) is 34.4 Å². The van der Waals surface area contributed by atoms with Crippen molar-refractivity contribution >= 4 is 28.8 Å². The van der Waals surface area contributed by atoms with Crippen molar-refractivity contribution in [2.75, 3.05) is 7.11 Å². The molecule has 0 saturated heterocycles. The van der Waals surface area contributed by atoms with Gasteiger partial charge in [-0.1, -0.05) is 24.9 Å². The van der Waals surface area contributed by atoms with Crippen molar-refractivity contribution in [1.29, 1.82) is 0 Å². The first-order valence-corrected chi connectivity index (χ1v) is 11.8. The second kappa shape index (κ2) is 9.67. The van der Waals surface area contributed by atoms with Crippen LogP contribution >= 0.6 is 12.8 Å². The molecule has 1 amide bonds. The van der Waals surface area contributed by atoms with E-state index in [1.54, 1.807) is 18.2 Å². The minimum absolute atomic E-state index is 0.0235. The first kappa shape index (κ1) is 23.5. The number of carbonyl (C=O) groups is 1. The molecule has 0 radical (unpaired) electrons. The first-order chi connectivity index (χ1) is 16.3. The molecule has 4 rings (SSSR count). The lowest BCUT2D eigenvalue weighted by molar-refractivity contribution is -0.688. The van der Waals surface area contributed by atoms with Crippen molar-refractivity contribution < 1.29 is 31.5 Å². The molecule has 11 heteroatoms. The molecule has 0 atom stereocenters. The molecule has 0 bridgehead atoms. The van der Waals surface area contributed by atoms with Crippen LogP contribution in [-0.4, -0.2) is 31.0 Å². The summed E-state index contributed by atoms with van der Waals surface area (Å²) in [5.74, 6) is 0.429. The lowest BCUT2D eigenvalue weighted by Crippen LogP contribution is -2.33. The van der Waals surface area contributed by atoms with Crippen LogP contribution in [0.4, 0.5) is 0 Å². The van der Waals surface area contributed by atoms with E-state index in [1.807, 2.05) is 41.2 Å². The number of methoxy groups -OCH3 is 1. The maximum absolute atomic E-state index is 11.8. The van der Waals surface area contributed by atoms with Crippen LogP contribution in [0.2, 0.25) is 0 Å². The number of nitrogens with zero attached hydrogens (tertiary/aromatic N) is 2. The largest absolute Gasteiger partial charge is 0.495 e. The molecular weight excluding hydrogens is 478 g/mol. The lowest BCUT2D eigenvalue weighted by atomic mass is 10.1. The standard InChI is InChI=1S/C23H19N3O6S2/c1-31-19-6-5-17(12-21(19)34(28,29)30)20-13-24-23(32-20)16-7-9-26(10-8-16)14-15-3-2-4-18(11-15)22(27)25-33/h2-13H,14H2,1H3,(H2-,25,27,28,29,30,33)/p+1. The molecule has 0 unspecified atom stereocenters. The van der Waals surface area contributed by atoms with Gasteiger partial charge in [-0.15, -0.1) is 0 Å². The van der Waals surface area contributed by atoms with Gasteiger partial charge in [-0.05, 0) is 30.3 Å². The summed E-state index contributed by atoms with van der Waals surface area (Å²) in [6.45, 7) is 0.551. The maximum atomic E-state index is 11.8. The Morgan fingerprint density at radius 2 is 1.91 bits per heavy atom. The average molecular weight is 499 g/mol. The van der Waals surface area contributed by atoms with Crippen molar-refractivity contribution in [2.45, 2.75) is 11.4 Å². The van der Waals surface area contributed by atoms with Gasteiger partial charge < -0.3 is 9.15 Å². The molecule has 2 aromatic heterocycles. The van der Waals surface area contributed by atoms with E-state index < -0.39 is 10.1 Å². The van der Waals surface area contributed by atoms with Crippen molar-refractivity contribution in [2.24, 2.45) is 0 Å². The summed E-state index contributed by atoms with van der Waals surface area (Å²) in [7, 11) is -3.16. The summed E-state index contributed by atoms with van der Waals surface area (Å²) in [6, 6.07) is 15.2. The zero-order valence-electron chi connectivity index (χ0n) is 17.9. The number of amides is 1. The summed E-state index contributed by atoms with van der Waals surface area (Å²) in [4.78, 5) is 15.7. The van der Waals surface area contributed by atoms with E-state index in [1.165, 1.54) is 25.4 Å². The number of thiol groups is 1. The molecule has 0 saturated carbocycles. The summed E-state index contributed by atoms with van der Waals surface area (Å²) in [6.07, 6.45) is 5.19. The van der Waals surface area contributed by atoms with Gasteiger partial charge in [-0.25, -0.2) is 9.55 Å². The van der Waals surface area contributed by atoms with Crippen LogP contribution in [-0.2, 0) is 16.7 Å². The Balaban J connectivity index is 1.54. The smallest absolute Gasteiger partial charge is 0.298 e. The fourth-order valence-corrected chi connectivity index (χ4v) is 4.17. The van der Waals surface area contributed by atoms with Gasteiger partial charge in [0.25, 0.3) is 16.0 Å². The van der Waals surface area contributed by atoms with Gasteiger partial charge in [0.1, 0.15) is 10.6 Å². The van der Waals surface area contributed by atoms with Gasteiger partial charge in [-0.3, -0.25) is 14.1 Å². The highest BCUT2D eigenvalue weighted by Crippen LogP contribution is 2.31. The average Bonchev–Trinajstić information content (AvgIpc) is 3.33. The number of hydrogen-bond acceptors (Lipinski definition) is 7. The third-order valence-corrected chi connectivity index (χ3v) is 6.10. The van der Waals surface area contributed by atoms with E-state index in [-0.39, 0.29) is 16.6 Å². The van der Waals surface area contributed by atoms with Crippen LogP contribution in [0.3, 0.4) is 0 Å². The number of nitrogens with one attached hydrogen (secondary N) is 1. The first-order valence-electron chi connectivity index (χ1n) is 9.93. The highest BCUT2D eigenvalue weighted by atomic mass is 32.2. The Hall–Kier alpha value is -3.67. The van der Waals surface area contributed by atoms with E-state index in [0.29, 0.717) is 34.9 Å². The molecule has 2 heterocycles. The monoisotopic (exact) mass is 498 g/mol. The van der Waals surface area contributed by atoms with Crippen LogP contribution in [0.15, 0.2) is 82.5 Å². The quantitative estimate of drug-likeness (QED) is 0.203. The predicted molar refractivity (Wildman–Crippen MR) is 126 cm³/mol. The van der Waals surface area contributed by atoms with Gasteiger partial charge in [0.2, 0.25) is 5.89 Å². The number of oxazole rings is 1. The topological polar surface area (TPSA) is 123 Å². The number of rotatable bonds is 7. The lowest BCUT2D eigenvalue weighted by Gasteiger charge is -2.07. The van der Waals surface area contributed by atoms with E-state index >= 15 is 0 Å². The minimum atomic E-state index is -4.48. The molecule has 4 aromatic rings. The number of pyridine rings is 1. The molecule has 2 aromatic carbocycles. The molecule has 0 aliphatic heterocycles. The van der Waals surface area contributed by atoms with Crippen LogP contribution in [0.5, 0.6) is 5.75 Å². The number of carbonyl (C=O) groups excluding carboxylic acids is 1. The maximum Gasteiger partial charge on any atom is 0.298 e. The molecule has 0 aliphatic rings. The number of benzene rings is 2. The molecular formula is C23H20N3O6S2+. The van der Waals surface area contributed by atoms with Crippen LogP contribution in [0.1, 0.15) is 15.9 Å². The van der Waals surface area contributed by atoms with Crippen molar-refractivity contribution in [3.8, 4) is 28.5 Å². The molecule has 0 fully saturated rings. The summed E-state index contributed by atoms with van der Waals surface area (Å²) in [5.41, 5.74) is 2.60. The molecule has 34 heavy (non-hydrogen) atoms. The fourth-order valence-electron chi connectivity index (χ4n) is 3.36. The van der Waals surface area contributed by atoms with Crippen molar-refractivity contribution in [1.82, 2.24) is 9.71 Å². The third-order valence-electron chi connectivity index (χ3n) is 5.03. The third kappa shape index (κ3) is 5.11. The Kier molecular flexibility index (Phi) is 6.68. The van der Waals surface area contributed by atoms with Crippen LogP contribution in [0, 0.1) is 0 Å². The summed E-state index contributed by atoms with van der Waals surface area (Å²) in [5, 5.41) is 0. The van der Waals surface area contributed by atoms with E-state index in [0.717, 1.165) is 5.56 Å². The Bertz CT molecular complexity index is 1450. The van der Waals surface area contributed by atoms with Crippen molar-refractivity contribution in [3.63, 3.8) is 0 Å². The van der Waals surface area contributed by atoms with Gasteiger partial charge in [0.15, 0.2) is 24.7 Å². The summed E-state index contributed by atoms with van der Waals surface area (Å²) < 4.78 is 47.8. The normalized spacial score (nSPS) is 11.3. The van der Waals surface area contributed by atoms with E-state index in [4.69, 9.17) is 9.15 Å². The SMILES string of the molecule is COc1ccc(-c2cnc(-c3cc[n+](Cc4cccc(C(=O)NS)c4)cc3)o2)cc1S(=O)(=O)O. The highest BCUT2D eigenvalue weighted by Gasteiger charge is 2.19. The Morgan fingerprint density at radius 3 is 2.59 bits per heavy atom. The zero-order valence-corrected chi connectivity index (χ0v) is 19.6. The summed E-state index contributed by atoms with van der Waals surface area (Å²) >= 11 is 3.79. The minimum Gasteiger partial charge on any atom is -0.495 e. The molecule has 0 aliphatic carbocycles. The number of hydrogen-bond donors (Lipinski definition) is 3. The predicted octanol–water partition coefficient (Wildman–Crippen LogP) is 3.17. The number of ether oxygens (including phenoxy) is 1. The second-order valence-corrected chi connectivity index (χ2v) is 8.88. The molecule has 9 nitrogen and oxygen atoms in total. The molecule has 2 N–H and O–H groups in total. The Morgan fingerprint density at radius 1 is 1.15 bits per heavy atom. The van der Waals surface area contributed by atoms with Crippen LogP contribution in [0.25, 0.3) is 22.8 Å². The van der Waals surface area contributed by atoms with E-state index in [2.05, 4.69) is 22.5 Å². The molecule has 174 valence electrons. The molecule has 0 spiro atoms. The van der Waals surface area contributed by atoms with Crippen LogP contribution < -0.4 is 14.0 Å². The Labute approximate surface area is 201 Å². The van der Waals surface area contributed by atoms with Crippen molar-refractivity contribution in [3.05, 3.63) is 84.3 Å². The highest BCUT2D eigenvalue weighted by molar-refractivity contribution is 7.86. The van der Waals surface area contributed by atoms with Gasteiger partial charge in [0.05, 0.1) is 13.3 Å². The number of aromatic nitrogens is 2.